The highest BCUT2D eigenvalue weighted by molar-refractivity contribution is 7.97. The number of hydrogen-bond acceptors (Lipinski definition) is 9. The van der Waals surface area contributed by atoms with Gasteiger partial charge in [-0.05, 0) is 67.7 Å². The molecule has 0 aliphatic carbocycles. The Balaban J connectivity index is 1.25. The van der Waals surface area contributed by atoms with Crippen molar-refractivity contribution in [3.63, 3.8) is 0 Å². The van der Waals surface area contributed by atoms with Crippen LogP contribution in [0.1, 0.15) is 18.4 Å². The summed E-state index contributed by atoms with van der Waals surface area (Å²) in [6.07, 6.45) is 3.98. The predicted octanol–water partition coefficient (Wildman–Crippen LogP) is 5.17. The molecule has 8 nitrogen and oxygen atoms in total. The van der Waals surface area contributed by atoms with Crippen LogP contribution in [0, 0.1) is 0 Å². The fourth-order valence-corrected chi connectivity index (χ4v) is 5.59. The van der Waals surface area contributed by atoms with E-state index in [4.69, 9.17) is 11.6 Å². The molecule has 0 atom stereocenters. The quantitative estimate of drug-likeness (QED) is 0.272. The third-order valence-corrected chi connectivity index (χ3v) is 7.90. The Labute approximate surface area is 221 Å². The van der Waals surface area contributed by atoms with Crippen molar-refractivity contribution in [1.82, 2.24) is 24.1 Å². The van der Waals surface area contributed by atoms with Gasteiger partial charge in [0, 0.05) is 51.5 Å². The molecule has 0 amide bonds. The summed E-state index contributed by atoms with van der Waals surface area (Å²) in [6, 6.07) is 13.7. The molecule has 3 N–H and O–H groups in total. The first-order valence-electron chi connectivity index (χ1n) is 12.3. The van der Waals surface area contributed by atoms with E-state index in [1.807, 2.05) is 6.07 Å². The normalized spacial score (nSPS) is 17.4. The van der Waals surface area contributed by atoms with Gasteiger partial charge in [0.2, 0.25) is 5.95 Å². The largest absolute Gasteiger partial charge is 0.508 e. The number of nitrogens with one attached hydrogen (secondary N) is 2. The first-order chi connectivity index (χ1) is 17.5. The SMILES string of the molecule is CN1CCN(Cc2ccc(Nc3ncc(Cl)c(Nc4ccc(O)cc4SN4CCCC4)n3)cc2)CC1. The fraction of sp³-hybridized carbons (Fsp3) is 0.385. The van der Waals surface area contributed by atoms with Crippen molar-refractivity contribution in [2.24, 2.45) is 0 Å². The van der Waals surface area contributed by atoms with Crippen LogP contribution in [-0.2, 0) is 6.54 Å². The van der Waals surface area contributed by atoms with E-state index in [9.17, 15) is 5.11 Å². The third-order valence-electron chi connectivity index (χ3n) is 6.47. The molecule has 0 bridgehead atoms. The topological polar surface area (TPSA) is 79.8 Å². The van der Waals surface area contributed by atoms with Crippen LogP contribution in [-0.4, -0.2) is 75.5 Å². The zero-order chi connectivity index (χ0) is 24.9. The molecule has 1 aromatic heterocycles. The number of benzene rings is 2. The maximum Gasteiger partial charge on any atom is 0.229 e. The van der Waals surface area contributed by atoms with Gasteiger partial charge < -0.3 is 20.6 Å². The van der Waals surface area contributed by atoms with Crippen molar-refractivity contribution in [3.05, 3.63) is 59.2 Å². The number of anilines is 4. The first kappa shape index (κ1) is 25.1. The summed E-state index contributed by atoms with van der Waals surface area (Å²) in [7, 11) is 2.18. The molecule has 0 unspecified atom stereocenters. The number of aromatic hydroxyl groups is 1. The van der Waals surface area contributed by atoms with Crippen molar-refractivity contribution in [2.75, 3.05) is 56.9 Å². The highest BCUT2D eigenvalue weighted by Crippen LogP contribution is 2.37. The van der Waals surface area contributed by atoms with Gasteiger partial charge >= 0.3 is 0 Å². The number of nitrogens with zero attached hydrogens (tertiary/aromatic N) is 5. The average molecular weight is 526 g/mol. The van der Waals surface area contributed by atoms with E-state index >= 15 is 0 Å². The van der Waals surface area contributed by atoms with Crippen LogP contribution in [0.2, 0.25) is 5.02 Å². The zero-order valence-corrected chi connectivity index (χ0v) is 22.0. The molecule has 190 valence electrons. The standard InChI is InChI=1S/C26H32ClN7OS/c1-32-12-14-33(15-13-32)18-19-4-6-20(7-5-19)29-26-28-17-22(27)25(31-26)30-23-9-8-21(35)16-24(23)36-34-10-2-3-11-34/h4-9,16-17,35H,2-3,10-15,18H2,1H3,(H2,28,29,30,31). The Bertz CT molecular complexity index is 1170. The van der Waals surface area contributed by atoms with Crippen LogP contribution in [0.15, 0.2) is 53.6 Å². The molecule has 0 saturated carbocycles. The van der Waals surface area contributed by atoms with E-state index in [1.54, 1.807) is 30.3 Å². The van der Waals surface area contributed by atoms with Gasteiger partial charge in [0.1, 0.15) is 10.8 Å². The second-order valence-corrected chi connectivity index (χ2v) is 10.9. The van der Waals surface area contributed by atoms with Gasteiger partial charge in [-0.15, -0.1) is 0 Å². The minimum Gasteiger partial charge on any atom is -0.508 e. The van der Waals surface area contributed by atoms with Crippen LogP contribution < -0.4 is 10.6 Å². The summed E-state index contributed by atoms with van der Waals surface area (Å²) >= 11 is 8.08. The zero-order valence-electron chi connectivity index (χ0n) is 20.5. The van der Waals surface area contributed by atoms with Gasteiger partial charge in [-0.25, -0.2) is 9.29 Å². The van der Waals surface area contributed by atoms with Gasteiger partial charge in [0.25, 0.3) is 0 Å². The molecule has 36 heavy (non-hydrogen) atoms. The minimum atomic E-state index is 0.231. The van der Waals surface area contributed by atoms with Gasteiger partial charge in [-0.1, -0.05) is 23.7 Å². The number of rotatable bonds is 8. The van der Waals surface area contributed by atoms with E-state index in [0.717, 1.165) is 62.1 Å². The van der Waals surface area contributed by atoms with Crippen molar-refractivity contribution >= 4 is 46.7 Å². The highest BCUT2D eigenvalue weighted by Gasteiger charge is 2.17. The van der Waals surface area contributed by atoms with E-state index in [1.165, 1.54) is 18.4 Å². The van der Waals surface area contributed by atoms with E-state index in [0.29, 0.717) is 16.8 Å². The summed E-state index contributed by atoms with van der Waals surface area (Å²) in [5.74, 6) is 1.20. The molecule has 0 spiro atoms. The van der Waals surface area contributed by atoms with Crippen LogP contribution in [0.5, 0.6) is 5.75 Å². The summed E-state index contributed by atoms with van der Waals surface area (Å²) in [5, 5.41) is 17.1. The lowest BCUT2D eigenvalue weighted by Crippen LogP contribution is -2.43. The number of piperazine rings is 1. The van der Waals surface area contributed by atoms with Gasteiger partial charge in [0.05, 0.1) is 16.8 Å². The predicted molar refractivity (Wildman–Crippen MR) is 148 cm³/mol. The molecule has 2 aromatic carbocycles. The van der Waals surface area contributed by atoms with Crippen molar-refractivity contribution in [2.45, 2.75) is 24.3 Å². The van der Waals surface area contributed by atoms with Crippen LogP contribution in [0.4, 0.5) is 23.1 Å². The van der Waals surface area contributed by atoms with Gasteiger partial charge in [0.15, 0.2) is 5.82 Å². The second-order valence-electron chi connectivity index (χ2n) is 9.32. The Morgan fingerprint density at radius 1 is 0.972 bits per heavy atom. The summed E-state index contributed by atoms with van der Waals surface area (Å²) in [6.45, 7) is 7.48. The number of phenols is 1. The number of halogens is 1. The molecule has 2 aliphatic rings. The molecule has 5 rings (SSSR count). The molecular formula is C26H32ClN7OS. The third kappa shape index (κ3) is 6.60. The van der Waals surface area contributed by atoms with Gasteiger partial charge in [-0.2, -0.15) is 4.98 Å². The van der Waals surface area contributed by atoms with Crippen molar-refractivity contribution < 1.29 is 5.11 Å². The smallest absolute Gasteiger partial charge is 0.229 e. The number of phenolic OH excluding ortho intramolecular Hbond substituents is 1. The lowest BCUT2D eigenvalue weighted by Gasteiger charge is -2.32. The van der Waals surface area contributed by atoms with E-state index < -0.39 is 0 Å². The second kappa shape index (κ2) is 11.7. The number of hydrogen-bond donors (Lipinski definition) is 3. The van der Waals surface area contributed by atoms with Crippen molar-refractivity contribution in [1.29, 1.82) is 0 Å². The monoisotopic (exact) mass is 525 g/mol. The Morgan fingerprint density at radius 2 is 1.72 bits per heavy atom. The highest BCUT2D eigenvalue weighted by atomic mass is 35.5. The molecule has 2 saturated heterocycles. The first-order valence-corrected chi connectivity index (χ1v) is 13.5. The molecule has 2 aliphatic heterocycles. The van der Waals surface area contributed by atoms with Crippen LogP contribution in [0.3, 0.4) is 0 Å². The van der Waals surface area contributed by atoms with Gasteiger partial charge in [-0.3, -0.25) is 4.90 Å². The maximum absolute atomic E-state index is 10.0. The lowest BCUT2D eigenvalue weighted by molar-refractivity contribution is 0.148. The Kier molecular flexibility index (Phi) is 8.13. The summed E-state index contributed by atoms with van der Waals surface area (Å²) in [5.41, 5.74) is 3.05. The average Bonchev–Trinajstić information content (AvgIpc) is 3.38. The number of likely N-dealkylation sites (N-methyl/N-ethyl adjacent to an activating group) is 1. The maximum atomic E-state index is 10.0. The Hall–Kier alpha value is -2.56. The fourth-order valence-electron chi connectivity index (χ4n) is 4.34. The summed E-state index contributed by atoms with van der Waals surface area (Å²) < 4.78 is 2.31. The molecule has 0 radical (unpaired) electrons. The minimum absolute atomic E-state index is 0.231. The molecular weight excluding hydrogens is 494 g/mol. The van der Waals surface area contributed by atoms with Crippen LogP contribution in [0.25, 0.3) is 0 Å². The molecule has 2 fully saturated rings. The van der Waals surface area contributed by atoms with Crippen LogP contribution >= 0.6 is 23.5 Å². The molecule has 3 aromatic rings. The lowest BCUT2D eigenvalue weighted by atomic mass is 10.2. The Morgan fingerprint density at radius 3 is 2.47 bits per heavy atom. The van der Waals surface area contributed by atoms with Crippen molar-refractivity contribution in [3.8, 4) is 5.75 Å². The molecule has 3 heterocycles. The van der Waals surface area contributed by atoms with E-state index in [2.05, 4.69) is 66.0 Å². The number of aromatic nitrogens is 2. The summed E-state index contributed by atoms with van der Waals surface area (Å²) in [4.78, 5) is 14.8. The molecule has 10 heteroatoms. The van der Waals surface area contributed by atoms with E-state index in [-0.39, 0.29) is 5.75 Å².